The van der Waals surface area contributed by atoms with Crippen LogP contribution < -0.4 is 9.47 Å². The van der Waals surface area contributed by atoms with Gasteiger partial charge in [-0.05, 0) is 36.4 Å². The molecule has 0 N–H and O–H groups in total. The van der Waals surface area contributed by atoms with Crippen molar-refractivity contribution in [1.29, 1.82) is 0 Å². The number of hydrogen-bond acceptors (Lipinski definition) is 2. The van der Waals surface area contributed by atoms with E-state index in [1.807, 2.05) is 48.5 Å². The first kappa shape index (κ1) is 16.8. The minimum Gasteiger partial charge on any atom is -0.491 e. The number of halogens is 3. The molecule has 0 aliphatic carbocycles. The maximum Gasteiger partial charge on any atom is 0.416 e. The number of benzene rings is 3. The van der Waals surface area contributed by atoms with E-state index in [9.17, 15) is 13.2 Å². The standard InChI is InChI=1S/C20H14F3O2S/c1-24-14-11-10-13(20(21,22)23)12-19(14)26-17-8-4-2-6-15(17)25-16-7-3-5-9-18(16)26/h2-12H,1H3/q+1. The van der Waals surface area contributed by atoms with Crippen LogP contribution in [0.1, 0.15) is 5.56 Å². The molecule has 0 aromatic heterocycles. The Morgan fingerprint density at radius 3 is 1.92 bits per heavy atom. The first-order valence-corrected chi connectivity index (χ1v) is 9.07. The van der Waals surface area contributed by atoms with Crippen molar-refractivity contribution in [3.8, 4) is 17.2 Å². The average molecular weight is 375 g/mol. The molecule has 0 spiro atoms. The lowest BCUT2D eigenvalue weighted by atomic mass is 10.2. The van der Waals surface area contributed by atoms with Crippen LogP contribution in [0.15, 0.2) is 81.4 Å². The summed E-state index contributed by atoms with van der Waals surface area (Å²) in [7, 11) is 0.702. The molecule has 26 heavy (non-hydrogen) atoms. The first-order valence-electron chi connectivity index (χ1n) is 7.84. The summed E-state index contributed by atoms with van der Waals surface area (Å²) in [6.45, 7) is 0. The summed E-state index contributed by atoms with van der Waals surface area (Å²) >= 11 is 0. The Morgan fingerprint density at radius 2 is 1.38 bits per heavy atom. The van der Waals surface area contributed by atoms with Crippen LogP contribution in [0.4, 0.5) is 13.2 Å². The number of rotatable bonds is 2. The fraction of sp³-hybridized carbons (Fsp3) is 0.100. The van der Waals surface area contributed by atoms with Crippen LogP contribution >= 0.6 is 0 Å². The topological polar surface area (TPSA) is 18.5 Å². The van der Waals surface area contributed by atoms with Gasteiger partial charge in [-0.15, -0.1) is 0 Å². The van der Waals surface area contributed by atoms with Gasteiger partial charge in [0.25, 0.3) is 0 Å². The van der Waals surface area contributed by atoms with E-state index in [0.29, 0.717) is 22.1 Å². The van der Waals surface area contributed by atoms with E-state index < -0.39 is 22.6 Å². The summed E-state index contributed by atoms with van der Waals surface area (Å²) in [6.07, 6.45) is -4.42. The zero-order chi connectivity index (χ0) is 18.3. The molecular formula is C20H14F3O2S+. The molecule has 1 heterocycles. The molecule has 0 amide bonds. The Balaban J connectivity index is 1.99. The van der Waals surface area contributed by atoms with E-state index in [1.54, 1.807) is 0 Å². The third kappa shape index (κ3) is 2.80. The van der Waals surface area contributed by atoms with Gasteiger partial charge in [0.15, 0.2) is 17.2 Å². The summed E-state index contributed by atoms with van der Waals surface area (Å²) in [5, 5.41) is 0. The molecule has 1 aliphatic heterocycles. The molecule has 6 heteroatoms. The smallest absolute Gasteiger partial charge is 0.416 e. The van der Waals surface area contributed by atoms with Gasteiger partial charge in [0.1, 0.15) is 10.9 Å². The highest BCUT2D eigenvalue weighted by molar-refractivity contribution is 7.97. The Hall–Kier alpha value is -2.60. The van der Waals surface area contributed by atoms with Crippen molar-refractivity contribution >= 4 is 10.9 Å². The van der Waals surface area contributed by atoms with Crippen LogP contribution in [0.3, 0.4) is 0 Å². The quantitative estimate of drug-likeness (QED) is 0.405. The Labute approximate surface area is 151 Å². The predicted octanol–water partition coefficient (Wildman–Crippen LogP) is 5.92. The molecule has 4 rings (SSSR count). The van der Waals surface area contributed by atoms with Gasteiger partial charge in [0.05, 0.1) is 12.7 Å². The van der Waals surface area contributed by atoms with Crippen molar-refractivity contribution in [3.05, 3.63) is 72.3 Å². The SMILES string of the molecule is COc1ccc(C(F)(F)F)cc1[S+]1c2ccccc2Oc2ccccc21. The van der Waals surface area contributed by atoms with E-state index in [1.165, 1.54) is 19.2 Å². The first-order chi connectivity index (χ1) is 12.5. The lowest BCUT2D eigenvalue weighted by Crippen LogP contribution is -2.15. The third-order valence-electron chi connectivity index (χ3n) is 4.07. The second kappa shape index (κ2) is 6.29. The minimum absolute atomic E-state index is 0.424. The molecule has 0 saturated carbocycles. The van der Waals surface area contributed by atoms with Crippen molar-refractivity contribution in [1.82, 2.24) is 0 Å². The summed E-state index contributed by atoms with van der Waals surface area (Å²) in [4.78, 5) is 2.16. The molecule has 132 valence electrons. The maximum atomic E-state index is 13.3. The van der Waals surface area contributed by atoms with Crippen LogP contribution in [0.25, 0.3) is 0 Å². The monoisotopic (exact) mass is 375 g/mol. The van der Waals surface area contributed by atoms with Crippen LogP contribution in [0, 0.1) is 0 Å². The maximum absolute atomic E-state index is 13.3. The zero-order valence-corrected chi connectivity index (χ0v) is 14.5. The Morgan fingerprint density at radius 1 is 0.808 bits per heavy atom. The van der Waals surface area contributed by atoms with Gasteiger partial charge >= 0.3 is 6.18 Å². The lowest BCUT2D eigenvalue weighted by molar-refractivity contribution is -0.137. The van der Waals surface area contributed by atoms with Crippen molar-refractivity contribution in [2.24, 2.45) is 0 Å². The molecule has 3 aromatic carbocycles. The van der Waals surface area contributed by atoms with Gasteiger partial charge < -0.3 is 9.47 Å². The van der Waals surface area contributed by atoms with Crippen LogP contribution in [-0.2, 0) is 17.1 Å². The zero-order valence-electron chi connectivity index (χ0n) is 13.7. The number of methoxy groups -OCH3 is 1. The molecule has 0 fully saturated rings. The normalized spacial score (nSPS) is 13.5. The predicted molar refractivity (Wildman–Crippen MR) is 93.1 cm³/mol. The second-order valence-electron chi connectivity index (χ2n) is 5.67. The molecule has 2 nitrogen and oxygen atoms in total. The van der Waals surface area contributed by atoms with Gasteiger partial charge in [-0.2, -0.15) is 13.2 Å². The van der Waals surface area contributed by atoms with Gasteiger partial charge in [-0.25, -0.2) is 0 Å². The minimum atomic E-state index is -4.42. The van der Waals surface area contributed by atoms with Crippen LogP contribution in [-0.4, -0.2) is 7.11 Å². The van der Waals surface area contributed by atoms with Gasteiger partial charge in [0, 0.05) is 6.07 Å². The number of fused-ring (bicyclic) bond motifs is 2. The molecule has 0 unspecified atom stereocenters. The highest BCUT2D eigenvalue weighted by Gasteiger charge is 2.43. The van der Waals surface area contributed by atoms with Gasteiger partial charge in [-0.1, -0.05) is 24.3 Å². The van der Waals surface area contributed by atoms with Gasteiger partial charge in [-0.3, -0.25) is 0 Å². The van der Waals surface area contributed by atoms with Crippen molar-refractivity contribution < 1.29 is 22.6 Å². The molecule has 0 saturated heterocycles. The Kier molecular flexibility index (Phi) is 4.07. The Bertz CT molecular complexity index is 924. The highest BCUT2D eigenvalue weighted by Crippen LogP contribution is 2.49. The molecule has 0 bridgehead atoms. The number of alkyl halides is 3. The largest absolute Gasteiger partial charge is 0.491 e. The fourth-order valence-corrected chi connectivity index (χ4v) is 5.25. The van der Waals surface area contributed by atoms with E-state index in [2.05, 4.69) is 0 Å². The van der Waals surface area contributed by atoms with Crippen molar-refractivity contribution in [2.45, 2.75) is 20.9 Å². The van der Waals surface area contributed by atoms with Crippen LogP contribution in [0.2, 0.25) is 0 Å². The number of para-hydroxylation sites is 2. The molecule has 1 aliphatic rings. The summed E-state index contributed by atoms with van der Waals surface area (Å²) < 4.78 is 51.2. The lowest BCUT2D eigenvalue weighted by Gasteiger charge is -2.21. The van der Waals surface area contributed by atoms with Gasteiger partial charge in [0.2, 0.25) is 14.7 Å². The molecule has 3 aromatic rings. The fourth-order valence-electron chi connectivity index (χ4n) is 2.89. The molecular weight excluding hydrogens is 361 g/mol. The number of hydrogen-bond donors (Lipinski definition) is 0. The van der Waals surface area contributed by atoms with E-state index in [4.69, 9.17) is 9.47 Å². The van der Waals surface area contributed by atoms with E-state index in [-0.39, 0.29) is 0 Å². The van der Waals surface area contributed by atoms with Crippen molar-refractivity contribution in [2.75, 3.05) is 7.11 Å². The van der Waals surface area contributed by atoms with Crippen LogP contribution in [0.5, 0.6) is 17.2 Å². The van der Waals surface area contributed by atoms with E-state index >= 15 is 0 Å². The summed E-state index contributed by atoms with van der Waals surface area (Å²) in [6, 6.07) is 18.4. The second-order valence-corrected chi connectivity index (χ2v) is 7.60. The third-order valence-corrected chi connectivity index (χ3v) is 6.38. The molecule has 0 atom stereocenters. The molecule has 0 radical (unpaired) electrons. The average Bonchev–Trinajstić information content (AvgIpc) is 2.65. The van der Waals surface area contributed by atoms with Crippen molar-refractivity contribution in [3.63, 3.8) is 0 Å². The number of ether oxygens (including phenoxy) is 2. The summed E-state index contributed by atoms with van der Waals surface area (Å²) in [5.74, 6) is 1.72. The summed E-state index contributed by atoms with van der Waals surface area (Å²) in [5.41, 5.74) is -0.692. The highest BCUT2D eigenvalue weighted by atomic mass is 32.2. The van der Waals surface area contributed by atoms with E-state index in [0.717, 1.165) is 15.9 Å².